The summed E-state index contributed by atoms with van der Waals surface area (Å²) in [5.74, 6) is -1.63. The molecule has 0 saturated carbocycles. The van der Waals surface area contributed by atoms with Gasteiger partial charge in [0.2, 0.25) is 0 Å². The number of benzene rings is 3. The highest BCUT2D eigenvalue weighted by Gasteiger charge is 2.34. The number of aliphatic hydroxyl groups is 1. The van der Waals surface area contributed by atoms with E-state index >= 15 is 4.39 Å². The second-order valence-electron chi connectivity index (χ2n) is 9.58. The van der Waals surface area contributed by atoms with E-state index in [0.717, 1.165) is 11.6 Å². The van der Waals surface area contributed by atoms with Crippen LogP contribution in [-0.2, 0) is 22.0 Å². The standard InChI is InChI=1S/C29H27FN2O4S/c30-25-18-23(28(33)32-16-13-29(34,14-17-32)19-21-6-2-1-3-7-21)11-12-24(25)20-37(35,36)26-10-4-8-22-9-5-15-31-27(22)26/h1-12,15,18,34H,13-14,16-17,19-20H2. The van der Waals surface area contributed by atoms with E-state index in [1.54, 1.807) is 29.2 Å². The predicted molar refractivity (Wildman–Crippen MR) is 139 cm³/mol. The van der Waals surface area contributed by atoms with E-state index in [1.165, 1.54) is 24.4 Å². The first-order chi connectivity index (χ1) is 17.7. The number of rotatable bonds is 6. The van der Waals surface area contributed by atoms with Gasteiger partial charge in [0.15, 0.2) is 9.84 Å². The highest BCUT2D eigenvalue weighted by molar-refractivity contribution is 7.90. The SMILES string of the molecule is O=C(c1ccc(CS(=O)(=O)c2cccc3cccnc23)c(F)c1)N1CCC(O)(Cc2ccccc2)CC1. The fraction of sp³-hybridized carbons (Fsp3) is 0.241. The maximum Gasteiger partial charge on any atom is 0.253 e. The zero-order valence-electron chi connectivity index (χ0n) is 20.2. The fourth-order valence-electron chi connectivity index (χ4n) is 4.87. The number of carbonyl (C=O) groups is 1. The van der Waals surface area contributed by atoms with Crippen molar-refractivity contribution in [3.05, 3.63) is 108 Å². The molecular weight excluding hydrogens is 491 g/mol. The van der Waals surface area contributed by atoms with Crippen molar-refractivity contribution in [1.82, 2.24) is 9.88 Å². The van der Waals surface area contributed by atoms with Crippen LogP contribution in [0.5, 0.6) is 0 Å². The van der Waals surface area contributed by atoms with Gasteiger partial charge in [0.05, 0.1) is 21.8 Å². The van der Waals surface area contributed by atoms with Crippen LogP contribution in [-0.4, -0.2) is 48.0 Å². The Kier molecular flexibility index (Phi) is 6.79. The third-order valence-electron chi connectivity index (χ3n) is 6.93. The molecule has 1 aliphatic rings. The number of carbonyl (C=O) groups excluding carboxylic acids is 1. The van der Waals surface area contributed by atoms with Crippen LogP contribution in [0.25, 0.3) is 10.9 Å². The average molecular weight is 519 g/mol. The van der Waals surface area contributed by atoms with Gasteiger partial charge in [-0.25, -0.2) is 12.8 Å². The summed E-state index contributed by atoms with van der Waals surface area (Å²) in [6.07, 6.45) is 2.88. The fourth-order valence-corrected chi connectivity index (χ4v) is 6.42. The van der Waals surface area contributed by atoms with Crippen molar-refractivity contribution >= 4 is 26.6 Å². The van der Waals surface area contributed by atoms with Gasteiger partial charge in [-0.3, -0.25) is 9.78 Å². The van der Waals surface area contributed by atoms with E-state index in [9.17, 15) is 18.3 Å². The summed E-state index contributed by atoms with van der Waals surface area (Å²) in [7, 11) is -3.88. The molecule has 190 valence electrons. The third-order valence-corrected chi connectivity index (χ3v) is 8.62. The first-order valence-electron chi connectivity index (χ1n) is 12.1. The van der Waals surface area contributed by atoms with Crippen LogP contribution in [0.3, 0.4) is 0 Å². The van der Waals surface area contributed by atoms with Crippen molar-refractivity contribution < 1.29 is 22.7 Å². The molecule has 37 heavy (non-hydrogen) atoms. The molecule has 0 spiro atoms. The quantitative estimate of drug-likeness (QED) is 0.404. The highest BCUT2D eigenvalue weighted by Crippen LogP contribution is 2.28. The molecular formula is C29H27FN2O4S. The molecule has 0 unspecified atom stereocenters. The lowest BCUT2D eigenvalue weighted by atomic mass is 9.85. The number of amides is 1. The molecule has 1 amide bonds. The number of hydrogen-bond acceptors (Lipinski definition) is 5. The number of para-hydroxylation sites is 1. The van der Waals surface area contributed by atoms with E-state index in [0.29, 0.717) is 43.3 Å². The van der Waals surface area contributed by atoms with Gasteiger partial charge in [0, 0.05) is 42.2 Å². The van der Waals surface area contributed by atoms with E-state index in [1.807, 2.05) is 30.3 Å². The lowest BCUT2D eigenvalue weighted by Crippen LogP contribution is -2.47. The first-order valence-corrected chi connectivity index (χ1v) is 13.8. The molecule has 1 fully saturated rings. The van der Waals surface area contributed by atoms with Crippen LogP contribution in [0, 0.1) is 5.82 Å². The maximum absolute atomic E-state index is 15.0. The monoisotopic (exact) mass is 518 g/mol. The second-order valence-corrected chi connectivity index (χ2v) is 11.5. The van der Waals surface area contributed by atoms with E-state index in [4.69, 9.17) is 0 Å². The molecule has 1 N–H and O–H groups in total. The molecule has 0 atom stereocenters. The van der Waals surface area contributed by atoms with Crippen molar-refractivity contribution in [2.75, 3.05) is 13.1 Å². The third kappa shape index (κ3) is 5.40. The first kappa shape index (κ1) is 25.0. The Morgan fingerprint density at radius 1 is 0.973 bits per heavy atom. The number of likely N-dealkylation sites (tertiary alicyclic amines) is 1. The molecule has 6 nitrogen and oxygen atoms in total. The number of halogens is 1. The smallest absolute Gasteiger partial charge is 0.253 e. The molecule has 4 aromatic rings. The van der Waals surface area contributed by atoms with Crippen LogP contribution in [0.1, 0.15) is 34.3 Å². The van der Waals surface area contributed by atoms with E-state index in [-0.39, 0.29) is 21.9 Å². The van der Waals surface area contributed by atoms with Crippen molar-refractivity contribution in [3.8, 4) is 0 Å². The summed E-state index contributed by atoms with van der Waals surface area (Å²) in [6, 6.07) is 22.0. The summed E-state index contributed by atoms with van der Waals surface area (Å²) < 4.78 is 41.3. The largest absolute Gasteiger partial charge is 0.389 e. The Morgan fingerprint density at radius 2 is 1.70 bits per heavy atom. The number of fused-ring (bicyclic) bond motifs is 1. The summed E-state index contributed by atoms with van der Waals surface area (Å²) in [5, 5.41) is 11.7. The molecule has 1 saturated heterocycles. The Morgan fingerprint density at radius 3 is 2.43 bits per heavy atom. The summed E-state index contributed by atoms with van der Waals surface area (Å²) in [6.45, 7) is 0.710. The molecule has 1 aliphatic heterocycles. The Hall–Kier alpha value is -3.62. The minimum atomic E-state index is -3.88. The zero-order valence-corrected chi connectivity index (χ0v) is 21.0. The van der Waals surface area contributed by atoms with Crippen LogP contribution < -0.4 is 0 Å². The molecule has 0 aliphatic carbocycles. The van der Waals surface area contributed by atoms with Crippen LogP contribution >= 0.6 is 0 Å². The van der Waals surface area contributed by atoms with Crippen LogP contribution in [0.4, 0.5) is 4.39 Å². The zero-order chi connectivity index (χ0) is 26.0. The normalized spacial score (nSPS) is 15.6. The highest BCUT2D eigenvalue weighted by atomic mass is 32.2. The minimum absolute atomic E-state index is 0.0136. The van der Waals surface area contributed by atoms with E-state index in [2.05, 4.69) is 4.98 Å². The lowest BCUT2D eigenvalue weighted by Gasteiger charge is -2.38. The second kappa shape index (κ2) is 10.0. The van der Waals surface area contributed by atoms with Crippen molar-refractivity contribution in [1.29, 1.82) is 0 Å². The molecule has 5 rings (SSSR count). The minimum Gasteiger partial charge on any atom is -0.389 e. The van der Waals surface area contributed by atoms with Gasteiger partial charge in [0.25, 0.3) is 5.91 Å². The molecule has 3 aromatic carbocycles. The summed E-state index contributed by atoms with van der Waals surface area (Å²) in [5.41, 5.74) is 0.628. The lowest BCUT2D eigenvalue weighted by molar-refractivity contribution is -0.0162. The summed E-state index contributed by atoms with van der Waals surface area (Å²) >= 11 is 0. The topological polar surface area (TPSA) is 87.6 Å². The molecule has 0 radical (unpaired) electrons. The number of aromatic nitrogens is 1. The molecule has 2 heterocycles. The number of pyridine rings is 1. The van der Waals surface area contributed by atoms with Crippen LogP contribution in [0.15, 0.2) is 90.0 Å². The van der Waals surface area contributed by atoms with Crippen LogP contribution in [0.2, 0.25) is 0 Å². The van der Waals surface area contributed by atoms with E-state index < -0.39 is 27.0 Å². The van der Waals surface area contributed by atoms with Gasteiger partial charge < -0.3 is 10.0 Å². The van der Waals surface area contributed by atoms with Gasteiger partial charge in [-0.15, -0.1) is 0 Å². The van der Waals surface area contributed by atoms with Crippen molar-refractivity contribution in [3.63, 3.8) is 0 Å². The number of hydrogen-bond donors (Lipinski definition) is 1. The van der Waals surface area contributed by atoms with Crippen molar-refractivity contribution in [2.24, 2.45) is 0 Å². The van der Waals surface area contributed by atoms with Gasteiger partial charge in [-0.05, 0) is 42.7 Å². The van der Waals surface area contributed by atoms with Gasteiger partial charge in [0.1, 0.15) is 5.82 Å². The predicted octanol–water partition coefficient (Wildman–Crippen LogP) is 4.56. The Balaban J connectivity index is 1.28. The number of piperidine rings is 1. The van der Waals surface area contributed by atoms with Crippen molar-refractivity contribution in [2.45, 2.75) is 35.5 Å². The average Bonchev–Trinajstić information content (AvgIpc) is 2.90. The number of sulfone groups is 1. The number of nitrogens with zero attached hydrogens (tertiary/aromatic N) is 2. The van der Waals surface area contributed by atoms with Gasteiger partial charge in [-0.1, -0.05) is 54.6 Å². The Labute approximate surface area is 215 Å². The van der Waals surface area contributed by atoms with Gasteiger partial charge >= 0.3 is 0 Å². The summed E-state index contributed by atoms with van der Waals surface area (Å²) in [4.78, 5) is 18.9. The van der Waals surface area contributed by atoms with Gasteiger partial charge in [-0.2, -0.15) is 0 Å². The Bertz CT molecular complexity index is 1540. The molecule has 1 aromatic heterocycles. The maximum atomic E-state index is 15.0. The molecule has 0 bridgehead atoms. The molecule has 8 heteroatoms.